The van der Waals surface area contributed by atoms with Gasteiger partial charge in [0.1, 0.15) is 11.6 Å². The first-order valence-corrected chi connectivity index (χ1v) is 8.87. The number of aromatic nitrogens is 1. The standard InChI is InChI=1S/C21H21FN4O/c1-12-4-3-5-17(22)18(12)13-6-7-16-14(8-13)9-24-20(23)19(16)21(27)25-15-10-26(2)11-15/h3-9,15H,10-11H2,1-2H3,(H2,23,24)(H,25,27). The van der Waals surface area contributed by atoms with E-state index in [1.54, 1.807) is 12.3 Å². The molecule has 2 heterocycles. The molecule has 1 aliphatic rings. The highest BCUT2D eigenvalue weighted by atomic mass is 19.1. The van der Waals surface area contributed by atoms with E-state index in [2.05, 4.69) is 15.2 Å². The number of likely N-dealkylation sites (N-methyl/N-ethyl adjacent to an activating group) is 1. The molecule has 1 aliphatic heterocycles. The molecule has 0 spiro atoms. The number of nitrogens with zero attached hydrogens (tertiary/aromatic N) is 2. The number of carbonyl (C=O) groups excluding carboxylic acids is 1. The SMILES string of the molecule is Cc1cccc(F)c1-c1ccc2c(C(=O)NC3CN(C)C3)c(N)ncc2c1. The number of nitrogens with one attached hydrogen (secondary N) is 1. The number of nitrogens with two attached hydrogens (primary N) is 1. The third kappa shape index (κ3) is 3.13. The van der Waals surface area contributed by atoms with E-state index < -0.39 is 0 Å². The molecule has 0 saturated carbocycles. The molecular formula is C21H21FN4O. The van der Waals surface area contributed by atoms with Crippen molar-refractivity contribution in [2.45, 2.75) is 13.0 Å². The second kappa shape index (κ2) is 6.63. The van der Waals surface area contributed by atoms with Gasteiger partial charge >= 0.3 is 0 Å². The van der Waals surface area contributed by atoms with Crippen LogP contribution >= 0.6 is 0 Å². The molecule has 0 unspecified atom stereocenters. The number of pyridine rings is 1. The second-order valence-corrected chi connectivity index (χ2v) is 7.14. The summed E-state index contributed by atoms with van der Waals surface area (Å²) >= 11 is 0. The summed E-state index contributed by atoms with van der Waals surface area (Å²) in [5.74, 6) is -0.300. The molecule has 5 nitrogen and oxygen atoms in total. The maximum atomic E-state index is 14.3. The lowest BCUT2D eigenvalue weighted by Gasteiger charge is -2.36. The van der Waals surface area contributed by atoms with Gasteiger partial charge in [0.05, 0.1) is 11.6 Å². The van der Waals surface area contributed by atoms with Crippen LogP contribution in [0.2, 0.25) is 0 Å². The van der Waals surface area contributed by atoms with Crippen molar-refractivity contribution >= 4 is 22.5 Å². The number of halogens is 1. The van der Waals surface area contributed by atoms with Crippen LogP contribution in [-0.4, -0.2) is 42.0 Å². The molecule has 3 N–H and O–H groups in total. The van der Waals surface area contributed by atoms with Gasteiger partial charge in [0.25, 0.3) is 5.91 Å². The summed E-state index contributed by atoms with van der Waals surface area (Å²) in [6.45, 7) is 3.51. The van der Waals surface area contributed by atoms with Gasteiger partial charge in [-0.15, -0.1) is 0 Å². The molecule has 0 radical (unpaired) electrons. The number of benzene rings is 2. The first-order chi connectivity index (χ1) is 12.9. The molecular weight excluding hydrogens is 343 g/mol. The Morgan fingerprint density at radius 2 is 2.07 bits per heavy atom. The number of hydrogen-bond donors (Lipinski definition) is 2. The lowest BCUT2D eigenvalue weighted by atomic mass is 9.96. The predicted molar refractivity (Wildman–Crippen MR) is 105 cm³/mol. The van der Waals surface area contributed by atoms with Gasteiger partial charge in [-0.25, -0.2) is 9.37 Å². The highest BCUT2D eigenvalue weighted by molar-refractivity contribution is 6.11. The molecule has 6 heteroatoms. The number of carbonyl (C=O) groups is 1. The van der Waals surface area contributed by atoms with Crippen LogP contribution in [0.1, 0.15) is 15.9 Å². The van der Waals surface area contributed by atoms with Gasteiger partial charge in [-0.1, -0.05) is 24.3 Å². The van der Waals surface area contributed by atoms with E-state index in [0.29, 0.717) is 16.5 Å². The molecule has 2 aromatic carbocycles. The van der Waals surface area contributed by atoms with Gasteiger partial charge < -0.3 is 16.0 Å². The van der Waals surface area contributed by atoms with Crippen molar-refractivity contribution in [3.05, 3.63) is 59.5 Å². The van der Waals surface area contributed by atoms with Crippen LogP contribution in [0.3, 0.4) is 0 Å². The van der Waals surface area contributed by atoms with E-state index in [0.717, 1.165) is 29.6 Å². The fourth-order valence-electron chi connectivity index (χ4n) is 3.68. The van der Waals surface area contributed by atoms with Gasteiger partial charge in [-0.05, 0) is 42.6 Å². The van der Waals surface area contributed by atoms with Crippen molar-refractivity contribution in [2.75, 3.05) is 25.9 Å². The van der Waals surface area contributed by atoms with Crippen LogP contribution < -0.4 is 11.1 Å². The van der Waals surface area contributed by atoms with E-state index in [9.17, 15) is 9.18 Å². The molecule has 0 aliphatic carbocycles. The average molecular weight is 364 g/mol. The fraction of sp³-hybridized carbons (Fsp3) is 0.238. The van der Waals surface area contributed by atoms with Crippen molar-refractivity contribution in [2.24, 2.45) is 0 Å². The van der Waals surface area contributed by atoms with Crippen molar-refractivity contribution in [3.8, 4) is 11.1 Å². The van der Waals surface area contributed by atoms with Crippen LogP contribution in [-0.2, 0) is 0 Å². The Hall–Kier alpha value is -2.99. The Labute approximate surface area is 157 Å². The van der Waals surface area contributed by atoms with Crippen LogP contribution in [0.15, 0.2) is 42.6 Å². The van der Waals surface area contributed by atoms with Gasteiger partial charge in [0.2, 0.25) is 0 Å². The van der Waals surface area contributed by atoms with Crippen molar-refractivity contribution in [1.82, 2.24) is 15.2 Å². The number of aryl methyl sites for hydroxylation is 1. The van der Waals surface area contributed by atoms with Gasteiger partial charge in [0, 0.05) is 30.2 Å². The molecule has 138 valence electrons. The molecule has 1 saturated heterocycles. The summed E-state index contributed by atoms with van der Waals surface area (Å²) in [7, 11) is 2.00. The van der Waals surface area contributed by atoms with Gasteiger partial charge in [-0.3, -0.25) is 4.79 Å². The molecule has 4 rings (SSSR count). The minimum absolute atomic E-state index is 0.123. The first-order valence-electron chi connectivity index (χ1n) is 8.87. The molecule has 0 atom stereocenters. The van der Waals surface area contributed by atoms with Crippen LogP contribution in [0, 0.1) is 12.7 Å². The van der Waals surface area contributed by atoms with E-state index >= 15 is 0 Å². The largest absolute Gasteiger partial charge is 0.383 e. The smallest absolute Gasteiger partial charge is 0.255 e. The normalized spacial score (nSPS) is 14.9. The molecule has 27 heavy (non-hydrogen) atoms. The topological polar surface area (TPSA) is 71.2 Å². The Balaban J connectivity index is 1.76. The minimum atomic E-state index is -0.273. The van der Waals surface area contributed by atoms with Gasteiger partial charge in [-0.2, -0.15) is 0 Å². The Kier molecular flexibility index (Phi) is 4.28. The van der Waals surface area contributed by atoms with Crippen LogP contribution in [0.25, 0.3) is 21.9 Å². The zero-order valence-corrected chi connectivity index (χ0v) is 15.3. The minimum Gasteiger partial charge on any atom is -0.383 e. The van der Waals surface area contributed by atoms with Crippen LogP contribution in [0.4, 0.5) is 10.2 Å². The first kappa shape index (κ1) is 17.4. The summed E-state index contributed by atoms with van der Waals surface area (Å²) in [5, 5.41) is 4.46. The second-order valence-electron chi connectivity index (χ2n) is 7.14. The Bertz CT molecular complexity index is 1020. The zero-order valence-electron chi connectivity index (χ0n) is 15.3. The third-order valence-electron chi connectivity index (χ3n) is 5.06. The number of anilines is 1. The molecule has 1 aromatic heterocycles. The van der Waals surface area contributed by atoms with Crippen molar-refractivity contribution in [3.63, 3.8) is 0 Å². The van der Waals surface area contributed by atoms with E-state index in [-0.39, 0.29) is 23.6 Å². The quantitative estimate of drug-likeness (QED) is 0.750. The maximum absolute atomic E-state index is 14.3. The maximum Gasteiger partial charge on any atom is 0.255 e. The fourth-order valence-corrected chi connectivity index (χ4v) is 3.68. The number of amides is 1. The average Bonchev–Trinajstić information content (AvgIpc) is 2.60. The Morgan fingerprint density at radius 1 is 1.30 bits per heavy atom. The van der Waals surface area contributed by atoms with Crippen molar-refractivity contribution in [1.29, 1.82) is 0 Å². The number of fused-ring (bicyclic) bond motifs is 1. The molecule has 1 amide bonds. The summed E-state index contributed by atoms with van der Waals surface area (Å²) < 4.78 is 14.3. The molecule has 3 aromatic rings. The number of hydrogen-bond acceptors (Lipinski definition) is 4. The van der Waals surface area contributed by atoms with E-state index in [1.807, 2.05) is 38.2 Å². The number of nitrogen functional groups attached to an aromatic ring is 1. The lowest BCUT2D eigenvalue weighted by Crippen LogP contribution is -2.57. The molecule has 0 bridgehead atoms. The van der Waals surface area contributed by atoms with Crippen LogP contribution in [0.5, 0.6) is 0 Å². The summed E-state index contributed by atoms with van der Waals surface area (Å²) in [5.41, 5.74) is 8.53. The highest BCUT2D eigenvalue weighted by Crippen LogP contribution is 2.31. The third-order valence-corrected chi connectivity index (χ3v) is 5.06. The lowest BCUT2D eigenvalue weighted by molar-refractivity contribution is 0.0860. The van der Waals surface area contributed by atoms with E-state index in [4.69, 9.17) is 5.73 Å². The molecule has 1 fully saturated rings. The summed E-state index contributed by atoms with van der Waals surface area (Å²) in [6, 6.07) is 10.6. The monoisotopic (exact) mass is 364 g/mol. The van der Waals surface area contributed by atoms with E-state index in [1.165, 1.54) is 6.07 Å². The number of likely N-dealkylation sites (tertiary alicyclic amines) is 1. The van der Waals surface area contributed by atoms with Gasteiger partial charge in [0.15, 0.2) is 0 Å². The Morgan fingerprint density at radius 3 is 2.78 bits per heavy atom. The predicted octanol–water partition coefficient (Wildman–Crippen LogP) is 2.98. The van der Waals surface area contributed by atoms with Crippen molar-refractivity contribution < 1.29 is 9.18 Å². The summed E-state index contributed by atoms with van der Waals surface area (Å²) in [6.07, 6.45) is 1.62. The highest BCUT2D eigenvalue weighted by Gasteiger charge is 2.26. The number of rotatable bonds is 3. The zero-order chi connectivity index (χ0) is 19.1. The summed E-state index contributed by atoms with van der Waals surface area (Å²) in [4.78, 5) is 19.1.